The van der Waals surface area contributed by atoms with Gasteiger partial charge in [0.1, 0.15) is 29.4 Å². The molecule has 1 fully saturated rings. The van der Waals surface area contributed by atoms with Crippen molar-refractivity contribution in [3.8, 4) is 0 Å². The van der Waals surface area contributed by atoms with Crippen LogP contribution in [-0.2, 0) is 25.6 Å². The number of nitrogens with zero attached hydrogens (tertiary/aromatic N) is 4. The summed E-state index contributed by atoms with van der Waals surface area (Å²) in [5.74, 6) is -1.94. The molecule has 2 atom stereocenters. The number of pyridine rings is 1. The van der Waals surface area contributed by atoms with E-state index < -0.39 is 29.2 Å². The van der Waals surface area contributed by atoms with E-state index in [0.29, 0.717) is 17.7 Å². The van der Waals surface area contributed by atoms with E-state index >= 15 is 0 Å². The van der Waals surface area contributed by atoms with Crippen LogP contribution in [0.4, 0.5) is 5.13 Å². The van der Waals surface area contributed by atoms with Crippen molar-refractivity contribution in [2.45, 2.75) is 31.7 Å². The van der Waals surface area contributed by atoms with E-state index in [0.717, 1.165) is 28.1 Å². The number of β-lactam (4-membered cyclic amide) rings is 1. The number of rotatable bonds is 8. The van der Waals surface area contributed by atoms with Gasteiger partial charge in [0.2, 0.25) is 11.2 Å². The highest BCUT2D eigenvalue weighted by molar-refractivity contribution is 8.00. The lowest BCUT2D eigenvalue weighted by molar-refractivity contribution is -0.583. The highest BCUT2D eigenvalue weighted by Crippen LogP contribution is 2.41. The van der Waals surface area contributed by atoms with E-state index in [2.05, 4.69) is 20.6 Å². The van der Waals surface area contributed by atoms with Crippen LogP contribution in [0, 0.1) is 6.92 Å². The summed E-state index contributed by atoms with van der Waals surface area (Å²) >= 11 is 2.55. The quantitative estimate of drug-likeness (QED) is 0.140. The van der Waals surface area contributed by atoms with Crippen molar-refractivity contribution < 1.29 is 28.8 Å². The van der Waals surface area contributed by atoms with E-state index in [9.17, 15) is 19.5 Å². The number of carbonyl (C=O) groups excluding carboxylic acids is 2. The fourth-order valence-electron chi connectivity index (χ4n) is 4.39. The minimum Gasteiger partial charge on any atom is -0.477 e. The van der Waals surface area contributed by atoms with Crippen LogP contribution >= 0.6 is 23.1 Å². The van der Waals surface area contributed by atoms with Crippen molar-refractivity contribution in [2.24, 2.45) is 5.16 Å². The summed E-state index contributed by atoms with van der Waals surface area (Å²) in [7, 11) is 0. The van der Waals surface area contributed by atoms with E-state index in [4.69, 9.17) is 10.6 Å². The second-order valence-electron chi connectivity index (χ2n) is 8.41. The number of thiazole rings is 1. The molecule has 0 bridgehead atoms. The summed E-state index contributed by atoms with van der Waals surface area (Å²) in [6.07, 6.45) is 2.21. The van der Waals surface area contributed by atoms with Gasteiger partial charge < -0.3 is 21.0 Å². The van der Waals surface area contributed by atoms with Crippen molar-refractivity contribution in [1.29, 1.82) is 0 Å². The number of aromatic amines is 1. The molecule has 0 aliphatic carbocycles. The number of carbonyl (C=O) groups is 3. The molecular formula is C23H24N7O5S2+. The molecule has 0 aromatic carbocycles. The van der Waals surface area contributed by atoms with Gasteiger partial charge >= 0.3 is 5.97 Å². The Hall–Kier alpha value is -3.91. The molecular weight excluding hydrogens is 518 g/mol. The Morgan fingerprint density at radius 2 is 2.24 bits per heavy atom. The Morgan fingerprint density at radius 3 is 2.95 bits per heavy atom. The third-order valence-electron chi connectivity index (χ3n) is 6.09. The Kier molecular flexibility index (Phi) is 6.60. The number of carboxylic acid groups (broad SMARTS) is 1. The minimum absolute atomic E-state index is 0.0401. The van der Waals surface area contributed by atoms with Crippen molar-refractivity contribution in [2.75, 3.05) is 18.1 Å². The number of amides is 2. The molecule has 1 saturated heterocycles. The number of hydrogen-bond donors (Lipinski definition) is 4. The number of nitrogens with one attached hydrogen (secondary N) is 2. The second kappa shape index (κ2) is 9.86. The number of aliphatic carboxylic acids is 1. The third-order valence-corrected chi connectivity index (χ3v) is 8.10. The first-order chi connectivity index (χ1) is 17.8. The average Bonchev–Trinajstić information content (AvgIpc) is 3.49. The molecule has 0 radical (unpaired) electrons. The first-order valence-electron chi connectivity index (χ1n) is 11.4. The predicted octanol–water partition coefficient (Wildman–Crippen LogP) is 0.822. The molecule has 5 heterocycles. The van der Waals surface area contributed by atoms with Gasteiger partial charge in [-0.1, -0.05) is 9.67 Å². The van der Waals surface area contributed by atoms with Gasteiger partial charge in [-0.15, -0.1) is 23.1 Å². The average molecular weight is 543 g/mol. The standard InChI is InChI=1S/C23H23N7O5S2/c1-3-35-28-16(14-10-37-23(24)26-14)19(31)27-17-20(32)29-18(22(33)34)13(9-36-21(17)29)7-12-8-25-30-11(2)5-4-6-15(12)30/h4-6,8,10,17,21H,3,7,9H2,1-2H3,(H4,24,26,27,31,33,34)/p+1/b28-16+/t17-,21-/m1/s1. The molecule has 192 valence electrons. The number of aromatic nitrogens is 3. The number of carboxylic acids is 1. The molecule has 0 spiro atoms. The fourth-order valence-corrected chi connectivity index (χ4v) is 6.28. The minimum atomic E-state index is -1.18. The lowest BCUT2D eigenvalue weighted by Crippen LogP contribution is -2.71. The van der Waals surface area contributed by atoms with Crippen molar-refractivity contribution in [3.05, 3.63) is 58.0 Å². The zero-order valence-corrected chi connectivity index (χ0v) is 21.6. The van der Waals surface area contributed by atoms with Crippen LogP contribution in [0.3, 0.4) is 0 Å². The molecule has 0 saturated carbocycles. The van der Waals surface area contributed by atoms with Crippen LogP contribution in [0.15, 0.2) is 46.2 Å². The van der Waals surface area contributed by atoms with Gasteiger partial charge in [-0.3, -0.25) is 14.5 Å². The normalized spacial score (nSPS) is 19.6. The largest absolute Gasteiger partial charge is 0.477 e. The molecule has 5 N–H and O–H groups in total. The summed E-state index contributed by atoms with van der Waals surface area (Å²) in [4.78, 5) is 48.8. The molecule has 2 aliphatic rings. The third kappa shape index (κ3) is 4.42. The van der Waals surface area contributed by atoms with Crippen molar-refractivity contribution in [3.63, 3.8) is 0 Å². The van der Waals surface area contributed by atoms with E-state index in [1.165, 1.54) is 16.7 Å². The summed E-state index contributed by atoms with van der Waals surface area (Å²) in [6.45, 7) is 3.92. The molecule has 2 amide bonds. The van der Waals surface area contributed by atoms with Crippen molar-refractivity contribution in [1.82, 2.24) is 20.3 Å². The number of thioether (sulfide) groups is 1. The smallest absolute Gasteiger partial charge is 0.352 e. The summed E-state index contributed by atoms with van der Waals surface area (Å²) in [5, 5.41) is 21.0. The van der Waals surface area contributed by atoms with Gasteiger partial charge in [0.15, 0.2) is 10.8 Å². The van der Waals surface area contributed by atoms with E-state index in [-0.39, 0.29) is 28.8 Å². The number of oxime groups is 1. The molecule has 37 heavy (non-hydrogen) atoms. The van der Waals surface area contributed by atoms with Crippen LogP contribution in [0.5, 0.6) is 0 Å². The Bertz CT molecular complexity index is 1480. The highest BCUT2D eigenvalue weighted by atomic mass is 32.2. The summed E-state index contributed by atoms with van der Waals surface area (Å²) in [5.41, 5.74) is 9.28. The fraction of sp³-hybridized carbons (Fsp3) is 0.304. The van der Waals surface area contributed by atoms with Crippen molar-refractivity contribution >= 4 is 57.2 Å². The molecule has 0 unspecified atom stereocenters. The van der Waals surface area contributed by atoms with Gasteiger partial charge in [0.05, 0.1) is 11.8 Å². The van der Waals surface area contributed by atoms with Crippen LogP contribution < -0.4 is 15.6 Å². The molecule has 2 aliphatic heterocycles. The predicted molar refractivity (Wildman–Crippen MR) is 137 cm³/mol. The van der Waals surface area contributed by atoms with E-state index in [1.54, 1.807) is 12.3 Å². The number of aryl methyl sites for hydroxylation is 1. The van der Waals surface area contributed by atoms with Gasteiger partial charge in [0, 0.05) is 36.6 Å². The lowest BCUT2D eigenvalue weighted by Gasteiger charge is -2.49. The Morgan fingerprint density at radius 1 is 1.43 bits per heavy atom. The molecule has 5 rings (SSSR count). The van der Waals surface area contributed by atoms with Crippen LogP contribution in [0.1, 0.15) is 23.9 Å². The number of nitrogens with two attached hydrogens (primary N) is 1. The monoisotopic (exact) mass is 542 g/mol. The molecule has 14 heteroatoms. The first kappa shape index (κ1) is 24.8. The number of H-pyrrole nitrogens is 1. The topological polar surface area (TPSA) is 167 Å². The Balaban J connectivity index is 1.37. The van der Waals surface area contributed by atoms with Gasteiger partial charge in [-0.25, -0.2) is 9.78 Å². The zero-order chi connectivity index (χ0) is 26.3. The lowest BCUT2D eigenvalue weighted by atomic mass is 9.99. The van der Waals surface area contributed by atoms with Gasteiger partial charge in [-0.2, -0.15) is 5.10 Å². The zero-order valence-electron chi connectivity index (χ0n) is 19.9. The van der Waals surface area contributed by atoms with E-state index in [1.807, 2.05) is 35.8 Å². The summed E-state index contributed by atoms with van der Waals surface area (Å²) < 4.78 is 1.92. The SMILES string of the molecule is CCO/N=C(/C(=O)N[C@@H]1C(=O)N2C(C(=O)O)=C(Cc3c[nH][n+]4c(C)cccc34)CS[C@H]12)c1csc(N)n1. The van der Waals surface area contributed by atoms with Crippen LogP contribution in [-0.4, -0.2) is 67.4 Å². The van der Waals surface area contributed by atoms with Crippen LogP contribution in [0.2, 0.25) is 0 Å². The number of anilines is 1. The highest BCUT2D eigenvalue weighted by Gasteiger charge is 2.54. The maximum atomic E-state index is 13.1. The maximum absolute atomic E-state index is 13.1. The summed E-state index contributed by atoms with van der Waals surface area (Å²) in [6, 6.07) is 4.95. The number of nitrogen functional groups attached to an aromatic ring is 1. The molecule has 3 aromatic rings. The van der Waals surface area contributed by atoms with Gasteiger partial charge in [-0.05, 0) is 18.6 Å². The second-order valence-corrected chi connectivity index (χ2v) is 10.4. The molecule has 3 aromatic heterocycles. The number of hydrogen-bond acceptors (Lipinski definition) is 9. The molecule has 12 nitrogen and oxygen atoms in total. The Labute approximate surface area is 219 Å². The van der Waals surface area contributed by atoms with Crippen LogP contribution in [0.25, 0.3) is 5.52 Å². The first-order valence-corrected chi connectivity index (χ1v) is 13.3. The van der Waals surface area contributed by atoms with Gasteiger partial charge in [0.25, 0.3) is 11.8 Å². The maximum Gasteiger partial charge on any atom is 0.352 e. The number of fused-ring (bicyclic) bond motifs is 2.